The molecule has 0 bridgehead atoms. The Morgan fingerprint density at radius 1 is 1.42 bits per heavy atom. The van der Waals surface area contributed by atoms with Crippen molar-refractivity contribution < 1.29 is 4.74 Å². The average Bonchev–Trinajstić information content (AvgIpc) is 2.76. The highest BCUT2D eigenvalue weighted by Gasteiger charge is 2.11. The average molecular weight is 278 g/mol. The molecule has 0 saturated heterocycles. The second kappa shape index (κ2) is 5.88. The Bertz CT molecular complexity index is 553. The summed E-state index contributed by atoms with van der Waals surface area (Å²) in [7, 11) is 0. The molecule has 6 heteroatoms. The predicted octanol–water partition coefficient (Wildman–Crippen LogP) is 2.83. The summed E-state index contributed by atoms with van der Waals surface area (Å²) in [5.41, 5.74) is 7.72. The van der Waals surface area contributed by atoms with E-state index in [1.165, 1.54) is 16.8 Å². The maximum Gasteiger partial charge on any atom is 0.242 e. The highest BCUT2D eigenvalue weighted by atomic mass is 32.1. The van der Waals surface area contributed by atoms with Crippen LogP contribution < -0.4 is 15.8 Å². The minimum atomic E-state index is 0.0320. The Hall–Kier alpha value is -1.82. The molecule has 2 aromatic rings. The van der Waals surface area contributed by atoms with Crippen LogP contribution in [-0.4, -0.2) is 16.1 Å². The van der Waals surface area contributed by atoms with E-state index in [1.54, 1.807) is 11.3 Å². The summed E-state index contributed by atoms with van der Waals surface area (Å²) in [6.07, 6.45) is 1.49. The third-order valence-electron chi connectivity index (χ3n) is 2.58. The highest BCUT2D eigenvalue weighted by molar-refractivity contribution is 7.10. The number of nitrogen functional groups attached to an aromatic ring is 1. The summed E-state index contributed by atoms with van der Waals surface area (Å²) in [4.78, 5) is 9.47. The van der Waals surface area contributed by atoms with Crippen LogP contribution in [0.5, 0.6) is 5.88 Å². The number of hydrogen-bond acceptors (Lipinski definition) is 6. The molecule has 0 aromatic carbocycles. The fourth-order valence-corrected chi connectivity index (χ4v) is 2.43. The van der Waals surface area contributed by atoms with Gasteiger partial charge >= 0.3 is 0 Å². The lowest BCUT2D eigenvalue weighted by molar-refractivity contribution is 0.234. The molecule has 0 aliphatic heterocycles. The number of nitrogens with zero attached hydrogens (tertiary/aromatic N) is 2. The molecule has 0 radical (unpaired) electrons. The number of aromatic nitrogens is 2. The lowest BCUT2D eigenvalue weighted by Gasteiger charge is -2.13. The fraction of sp³-hybridized carbons (Fsp3) is 0.385. The molecule has 2 rings (SSSR count). The van der Waals surface area contributed by atoms with Gasteiger partial charge < -0.3 is 15.8 Å². The van der Waals surface area contributed by atoms with E-state index >= 15 is 0 Å². The highest BCUT2D eigenvalue weighted by Crippen LogP contribution is 2.26. The molecule has 2 aromatic heterocycles. The Labute approximate surface area is 116 Å². The van der Waals surface area contributed by atoms with Crippen molar-refractivity contribution >= 4 is 22.8 Å². The largest absolute Gasteiger partial charge is 0.473 e. The number of nitrogens with one attached hydrogen (secondary N) is 1. The van der Waals surface area contributed by atoms with Crippen molar-refractivity contribution in [2.45, 2.75) is 33.4 Å². The van der Waals surface area contributed by atoms with Crippen LogP contribution in [0.1, 0.15) is 24.3 Å². The van der Waals surface area contributed by atoms with E-state index in [0.29, 0.717) is 23.9 Å². The number of thiophene rings is 1. The van der Waals surface area contributed by atoms with Gasteiger partial charge in [0.15, 0.2) is 5.82 Å². The molecule has 0 aliphatic carbocycles. The second-order valence-electron chi connectivity index (χ2n) is 4.49. The van der Waals surface area contributed by atoms with Crippen molar-refractivity contribution in [2.75, 3.05) is 11.1 Å². The van der Waals surface area contributed by atoms with Crippen molar-refractivity contribution in [3.8, 4) is 5.88 Å². The number of anilines is 2. The maximum absolute atomic E-state index is 6.00. The standard InChI is InChI=1S/C13H18N4OS/c1-8(2)18-13-11(14)12(16-7-17-13)15-6-10-9(3)4-5-19-10/h4-5,7-8H,6,14H2,1-3H3,(H,15,16,17). The van der Waals surface area contributed by atoms with Crippen LogP contribution in [0, 0.1) is 6.92 Å². The summed E-state index contributed by atoms with van der Waals surface area (Å²) < 4.78 is 5.53. The first-order chi connectivity index (χ1) is 9.08. The first kappa shape index (κ1) is 13.6. The smallest absolute Gasteiger partial charge is 0.242 e. The number of rotatable bonds is 5. The van der Waals surface area contributed by atoms with Gasteiger partial charge in [-0.05, 0) is 37.8 Å². The fourth-order valence-electron chi connectivity index (χ4n) is 1.59. The summed E-state index contributed by atoms with van der Waals surface area (Å²) in [5.74, 6) is 1.04. The summed E-state index contributed by atoms with van der Waals surface area (Å²) in [6, 6.07) is 2.10. The predicted molar refractivity (Wildman–Crippen MR) is 78.6 cm³/mol. The zero-order valence-electron chi connectivity index (χ0n) is 11.3. The van der Waals surface area contributed by atoms with E-state index in [1.807, 2.05) is 13.8 Å². The molecule has 0 atom stereocenters. The lowest BCUT2D eigenvalue weighted by atomic mass is 10.3. The van der Waals surface area contributed by atoms with E-state index < -0.39 is 0 Å². The van der Waals surface area contributed by atoms with Crippen molar-refractivity contribution in [1.29, 1.82) is 0 Å². The summed E-state index contributed by atoms with van der Waals surface area (Å²) in [5, 5.41) is 5.30. The van der Waals surface area contributed by atoms with Gasteiger partial charge in [0.1, 0.15) is 12.0 Å². The quantitative estimate of drug-likeness (QED) is 0.879. The molecule has 3 N–H and O–H groups in total. The van der Waals surface area contributed by atoms with Gasteiger partial charge in [0.2, 0.25) is 5.88 Å². The minimum Gasteiger partial charge on any atom is -0.473 e. The van der Waals surface area contributed by atoms with Crippen molar-refractivity contribution in [1.82, 2.24) is 9.97 Å². The van der Waals surface area contributed by atoms with Crippen LogP contribution in [0.15, 0.2) is 17.8 Å². The Kier molecular flexibility index (Phi) is 4.21. The van der Waals surface area contributed by atoms with Gasteiger partial charge in [-0.1, -0.05) is 0 Å². The van der Waals surface area contributed by atoms with Crippen LogP contribution in [0.25, 0.3) is 0 Å². The first-order valence-corrected chi connectivity index (χ1v) is 7.00. The molecule has 0 fully saturated rings. The summed E-state index contributed by atoms with van der Waals surface area (Å²) in [6.45, 7) is 6.66. The van der Waals surface area contributed by atoms with Crippen molar-refractivity contribution in [3.05, 3.63) is 28.2 Å². The van der Waals surface area contributed by atoms with E-state index in [-0.39, 0.29) is 6.10 Å². The van der Waals surface area contributed by atoms with Crippen LogP contribution in [0.2, 0.25) is 0 Å². The molecular weight excluding hydrogens is 260 g/mol. The third kappa shape index (κ3) is 3.35. The van der Waals surface area contributed by atoms with Gasteiger partial charge in [-0.2, -0.15) is 4.98 Å². The van der Waals surface area contributed by atoms with Gasteiger partial charge in [-0.25, -0.2) is 4.98 Å². The molecule has 0 spiro atoms. The summed E-state index contributed by atoms with van der Waals surface area (Å²) >= 11 is 1.71. The van der Waals surface area contributed by atoms with E-state index in [4.69, 9.17) is 10.5 Å². The SMILES string of the molecule is Cc1ccsc1CNc1ncnc(OC(C)C)c1N. The van der Waals surface area contributed by atoms with Crippen LogP contribution >= 0.6 is 11.3 Å². The normalized spacial score (nSPS) is 10.7. The van der Waals surface area contributed by atoms with Gasteiger partial charge in [0, 0.05) is 4.88 Å². The number of nitrogens with two attached hydrogens (primary N) is 1. The van der Waals surface area contributed by atoms with Gasteiger partial charge in [-0.15, -0.1) is 11.3 Å². The maximum atomic E-state index is 6.00. The van der Waals surface area contributed by atoms with Gasteiger partial charge in [0.25, 0.3) is 0 Å². The van der Waals surface area contributed by atoms with Crippen LogP contribution in [-0.2, 0) is 6.54 Å². The minimum absolute atomic E-state index is 0.0320. The van der Waals surface area contributed by atoms with E-state index in [2.05, 4.69) is 33.7 Å². The molecule has 102 valence electrons. The first-order valence-electron chi connectivity index (χ1n) is 6.12. The van der Waals surface area contributed by atoms with Gasteiger partial charge in [-0.3, -0.25) is 0 Å². The zero-order valence-corrected chi connectivity index (χ0v) is 12.1. The number of aryl methyl sites for hydroxylation is 1. The van der Waals surface area contributed by atoms with Crippen LogP contribution in [0.4, 0.5) is 11.5 Å². The Morgan fingerprint density at radius 2 is 2.21 bits per heavy atom. The number of ether oxygens (including phenoxy) is 1. The molecule has 0 saturated carbocycles. The van der Waals surface area contributed by atoms with Gasteiger partial charge in [0.05, 0.1) is 12.6 Å². The lowest BCUT2D eigenvalue weighted by Crippen LogP contribution is -2.11. The molecular formula is C13H18N4OS. The Balaban J connectivity index is 2.10. The molecule has 0 aliphatic rings. The topological polar surface area (TPSA) is 73.1 Å². The second-order valence-corrected chi connectivity index (χ2v) is 5.49. The van der Waals surface area contributed by atoms with E-state index in [9.17, 15) is 0 Å². The molecule has 19 heavy (non-hydrogen) atoms. The van der Waals surface area contributed by atoms with E-state index in [0.717, 1.165) is 0 Å². The molecule has 0 amide bonds. The monoisotopic (exact) mass is 278 g/mol. The third-order valence-corrected chi connectivity index (χ3v) is 3.60. The van der Waals surface area contributed by atoms with Crippen molar-refractivity contribution in [3.63, 3.8) is 0 Å². The molecule has 2 heterocycles. The van der Waals surface area contributed by atoms with Crippen molar-refractivity contribution in [2.24, 2.45) is 0 Å². The molecule has 5 nitrogen and oxygen atoms in total. The Morgan fingerprint density at radius 3 is 2.84 bits per heavy atom. The number of hydrogen-bond donors (Lipinski definition) is 2. The molecule has 0 unspecified atom stereocenters. The van der Waals surface area contributed by atoms with Crippen LogP contribution in [0.3, 0.4) is 0 Å². The zero-order chi connectivity index (χ0) is 13.8.